The molecule has 228 valence electrons. The van der Waals surface area contributed by atoms with Crippen LogP contribution in [0.5, 0.6) is 0 Å². The van der Waals surface area contributed by atoms with Gasteiger partial charge in [-0.2, -0.15) is 0 Å². The van der Waals surface area contributed by atoms with Crippen molar-refractivity contribution in [1.82, 2.24) is 0 Å². The molecule has 7 nitrogen and oxygen atoms in total. The van der Waals surface area contributed by atoms with E-state index in [2.05, 4.69) is 13.8 Å². The van der Waals surface area contributed by atoms with Crippen molar-refractivity contribution in [3.63, 3.8) is 0 Å². The minimum atomic E-state index is -1.92. The van der Waals surface area contributed by atoms with Crippen LogP contribution in [-0.4, -0.2) is 52.8 Å². The molecule has 3 fully saturated rings. The molecule has 1 saturated heterocycles. The van der Waals surface area contributed by atoms with Gasteiger partial charge in [-0.1, -0.05) is 62.2 Å². The molecule has 2 aromatic carbocycles. The van der Waals surface area contributed by atoms with Crippen molar-refractivity contribution in [3.8, 4) is 0 Å². The lowest BCUT2D eigenvalue weighted by atomic mass is 9.74. The number of hydrogen-bond acceptors (Lipinski definition) is 7. The summed E-state index contributed by atoms with van der Waals surface area (Å²) in [7, 11) is 0. The van der Waals surface area contributed by atoms with Gasteiger partial charge < -0.3 is 19.3 Å². The predicted molar refractivity (Wildman–Crippen MR) is 160 cm³/mol. The molecule has 0 radical (unpaired) electrons. The molecular formula is C36H42O7. The third-order valence-corrected chi connectivity index (χ3v) is 10.7. The molecule has 1 aliphatic heterocycles. The Morgan fingerprint density at radius 1 is 0.907 bits per heavy atom. The van der Waals surface area contributed by atoms with E-state index in [0.29, 0.717) is 35.6 Å². The maximum Gasteiger partial charge on any atom is 0.338 e. The standard InChI is InChI=1S/C36H42O7/c1-20-7-11-24(12-8-20)32(38)42-29-23(4)18-36(40)28(29)31(43-33(39)25-13-9-21(2)10-14-25)35(19-41-35)16-15-26-27(34(26,5)6)17-22(3)30(36)37/h7-14,17,23,26-29,31,40H,15-16,18-19H2,1-6H3/b22-17+/t23-,26-,27+,28+,29-,31+,35-,36+/m0/s1. The van der Waals surface area contributed by atoms with Gasteiger partial charge in [-0.3, -0.25) is 4.79 Å². The van der Waals surface area contributed by atoms with Crippen LogP contribution in [-0.2, 0) is 19.0 Å². The Balaban J connectivity index is 1.43. The molecule has 6 rings (SSSR count). The summed E-state index contributed by atoms with van der Waals surface area (Å²) in [6, 6.07) is 14.2. The minimum absolute atomic E-state index is 0.0159. The molecule has 1 spiro atoms. The quantitative estimate of drug-likeness (QED) is 0.357. The monoisotopic (exact) mass is 586 g/mol. The summed E-state index contributed by atoms with van der Waals surface area (Å²) < 4.78 is 18.7. The van der Waals surface area contributed by atoms with Crippen LogP contribution in [0.1, 0.15) is 78.8 Å². The number of aliphatic hydroxyl groups is 1. The molecule has 2 aromatic rings. The first-order chi connectivity index (χ1) is 20.3. The van der Waals surface area contributed by atoms with Crippen LogP contribution in [0.4, 0.5) is 0 Å². The highest BCUT2D eigenvalue weighted by molar-refractivity contribution is 6.02. The lowest BCUT2D eigenvalue weighted by Crippen LogP contribution is -2.56. The van der Waals surface area contributed by atoms with Gasteiger partial charge in [0.15, 0.2) is 5.78 Å². The lowest BCUT2D eigenvalue weighted by molar-refractivity contribution is -0.151. The number of ketones is 1. The van der Waals surface area contributed by atoms with Gasteiger partial charge >= 0.3 is 11.9 Å². The average Bonchev–Trinajstić information content (AvgIpc) is 3.83. The second-order valence-electron chi connectivity index (χ2n) is 14.1. The Kier molecular flexibility index (Phi) is 7.21. The zero-order valence-corrected chi connectivity index (χ0v) is 25.9. The minimum Gasteiger partial charge on any atom is -0.458 e. The van der Waals surface area contributed by atoms with Gasteiger partial charge in [0.25, 0.3) is 0 Å². The fourth-order valence-electron chi connectivity index (χ4n) is 7.79. The number of rotatable bonds is 4. The molecule has 0 unspecified atom stereocenters. The third-order valence-electron chi connectivity index (χ3n) is 10.7. The molecule has 8 atom stereocenters. The number of allylic oxidation sites excluding steroid dienone is 1. The van der Waals surface area contributed by atoms with Gasteiger partial charge in [-0.05, 0) is 93.0 Å². The zero-order valence-electron chi connectivity index (χ0n) is 25.9. The molecule has 43 heavy (non-hydrogen) atoms. The van der Waals surface area contributed by atoms with Crippen molar-refractivity contribution in [1.29, 1.82) is 0 Å². The largest absolute Gasteiger partial charge is 0.458 e. The summed E-state index contributed by atoms with van der Waals surface area (Å²) in [6.45, 7) is 12.2. The highest BCUT2D eigenvalue weighted by atomic mass is 16.6. The van der Waals surface area contributed by atoms with E-state index in [1.807, 2.05) is 51.1 Å². The maximum atomic E-state index is 14.3. The van der Waals surface area contributed by atoms with E-state index in [9.17, 15) is 19.5 Å². The highest BCUT2D eigenvalue weighted by Gasteiger charge is 2.69. The van der Waals surface area contributed by atoms with Crippen LogP contribution in [0.25, 0.3) is 0 Å². The average molecular weight is 587 g/mol. The molecule has 1 N–H and O–H groups in total. The Morgan fingerprint density at radius 3 is 1.98 bits per heavy atom. The Labute approximate surface area is 253 Å². The Morgan fingerprint density at radius 2 is 1.44 bits per heavy atom. The summed E-state index contributed by atoms with van der Waals surface area (Å²) in [4.78, 5) is 41.4. The molecule has 7 heteroatoms. The number of epoxide rings is 1. The number of esters is 2. The molecule has 0 bridgehead atoms. The first-order valence-electron chi connectivity index (χ1n) is 15.4. The van der Waals surface area contributed by atoms with E-state index in [0.717, 1.165) is 17.5 Å². The van der Waals surface area contributed by atoms with Crippen LogP contribution < -0.4 is 0 Å². The van der Waals surface area contributed by atoms with E-state index in [1.54, 1.807) is 31.2 Å². The van der Waals surface area contributed by atoms with E-state index in [1.165, 1.54) is 0 Å². The molecule has 0 aromatic heterocycles. The van der Waals surface area contributed by atoms with Crippen molar-refractivity contribution >= 4 is 17.7 Å². The van der Waals surface area contributed by atoms with Gasteiger partial charge in [0.1, 0.15) is 23.4 Å². The van der Waals surface area contributed by atoms with E-state index in [-0.39, 0.29) is 23.7 Å². The molecule has 2 saturated carbocycles. The number of ether oxygens (including phenoxy) is 3. The smallest absolute Gasteiger partial charge is 0.338 e. The molecular weight excluding hydrogens is 544 g/mol. The van der Waals surface area contributed by atoms with E-state index in [4.69, 9.17) is 14.2 Å². The van der Waals surface area contributed by atoms with Crippen LogP contribution >= 0.6 is 0 Å². The van der Waals surface area contributed by atoms with Crippen LogP contribution in [0, 0.1) is 42.9 Å². The van der Waals surface area contributed by atoms with Gasteiger partial charge in [0, 0.05) is 0 Å². The second-order valence-corrected chi connectivity index (χ2v) is 14.1. The van der Waals surface area contributed by atoms with Crippen LogP contribution in [0.15, 0.2) is 60.2 Å². The fraction of sp³-hybridized carbons (Fsp3) is 0.528. The number of hydrogen-bond donors (Lipinski definition) is 1. The van der Waals surface area contributed by atoms with Crippen LogP contribution in [0.2, 0.25) is 0 Å². The SMILES string of the molecule is C/C1=C\[C@@H]2[C@H](CC[C@]3(CO3)[C@H](OC(=O)c3ccc(C)cc3)[C@H]3[C@@H](OC(=O)c4ccc(C)cc4)[C@@H](C)C[C@]3(O)C1=O)C2(C)C. The summed E-state index contributed by atoms with van der Waals surface area (Å²) in [5.74, 6) is -2.38. The molecule has 1 heterocycles. The lowest BCUT2D eigenvalue weighted by Gasteiger charge is -2.39. The number of carbonyl (C=O) groups excluding carboxylic acids is 3. The first-order valence-corrected chi connectivity index (χ1v) is 15.4. The van der Waals surface area contributed by atoms with Gasteiger partial charge in [0.2, 0.25) is 0 Å². The van der Waals surface area contributed by atoms with Crippen molar-refractivity contribution in [2.75, 3.05) is 6.61 Å². The number of carbonyl (C=O) groups is 3. The maximum absolute atomic E-state index is 14.3. The second kappa shape index (κ2) is 10.4. The van der Waals surface area contributed by atoms with E-state index >= 15 is 0 Å². The fourth-order valence-corrected chi connectivity index (χ4v) is 7.79. The Bertz CT molecular complexity index is 1470. The normalized spacial score (nSPS) is 37.3. The highest BCUT2D eigenvalue weighted by Crippen LogP contribution is 2.63. The van der Waals surface area contributed by atoms with Gasteiger partial charge in [-0.15, -0.1) is 0 Å². The number of benzene rings is 2. The zero-order chi connectivity index (χ0) is 30.9. The molecule has 4 aliphatic rings. The summed E-state index contributed by atoms with van der Waals surface area (Å²) in [5, 5.41) is 12.5. The summed E-state index contributed by atoms with van der Waals surface area (Å²) in [5.41, 5.74) is 0.445. The topological polar surface area (TPSA) is 102 Å². The van der Waals surface area contributed by atoms with Gasteiger partial charge in [-0.25, -0.2) is 9.59 Å². The third kappa shape index (κ3) is 5.14. The van der Waals surface area contributed by atoms with Crippen molar-refractivity contribution in [3.05, 3.63) is 82.4 Å². The molecule has 0 amide bonds. The first kappa shape index (κ1) is 29.8. The van der Waals surface area contributed by atoms with Crippen molar-refractivity contribution in [2.45, 2.75) is 84.2 Å². The van der Waals surface area contributed by atoms with Crippen molar-refractivity contribution < 1.29 is 33.7 Å². The van der Waals surface area contributed by atoms with Gasteiger partial charge in [0.05, 0.1) is 23.7 Å². The number of Topliss-reactive ketones (excluding diaryl/α,β-unsaturated/α-hetero) is 1. The Hall–Kier alpha value is -3.29. The predicted octanol–water partition coefficient (Wildman–Crippen LogP) is 5.79. The van der Waals surface area contributed by atoms with Crippen molar-refractivity contribution in [2.24, 2.45) is 29.1 Å². The number of aryl methyl sites for hydroxylation is 2. The summed E-state index contributed by atoms with van der Waals surface area (Å²) >= 11 is 0. The van der Waals surface area contributed by atoms with E-state index < -0.39 is 47.0 Å². The summed E-state index contributed by atoms with van der Waals surface area (Å²) in [6.07, 6.45) is 1.60. The molecule has 3 aliphatic carbocycles. The number of fused-ring (bicyclic) bond motifs is 2. The van der Waals surface area contributed by atoms with Crippen LogP contribution in [0.3, 0.4) is 0 Å².